The van der Waals surface area contributed by atoms with Crippen molar-refractivity contribution < 1.29 is 14.8 Å². The molecular weight excluding hydrogens is 272 g/mol. The molecule has 1 amide bonds. The summed E-state index contributed by atoms with van der Waals surface area (Å²) in [5.74, 6) is -0.324. The number of aliphatic hydroxyl groups excluding tert-OH is 1. The molecule has 6 heteroatoms. The van der Waals surface area contributed by atoms with Crippen LogP contribution in [0.15, 0.2) is 18.2 Å². The summed E-state index contributed by atoms with van der Waals surface area (Å²) in [6, 6.07) is 4.92. The molecule has 0 spiro atoms. The fourth-order valence-corrected chi connectivity index (χ4v) is 2.15. The number of anilines is 1. The van der Waals surface area contributed by atoms with E-state index in [0.717, 1.165) is 44.1 Å². The van der Waals surface area contributed by atoms with Crippen LogP contribution in [0.4, 0.5) is 11.4 Å². The largest absolute Gasteiger partial charge is 0.396 e. The summed E-state index contributed by atoms with van der Waals surface area (Å²) in [7, 11) is 0. The first-order chi connectivity index (χ1) is 10.0. The second-order valence-corrected chi connectivity index (χ2v) is 5.03. The zero-order valence-corrected chi connectivity index (χ0v) is 12.3. The van der Waals surface area contributed by atoms with Crippen LogP contribution in [0, 0.1) is 10.1 Å². The Bertz CT molecular complexity index is 489. The Morgan fingerprint density at radius 1 is 1.24 bits per heavy atom. The maximum atomic E-state index is 11.0. The van der Waals surface area contributed by atoms with Crippen LogP contribution in [0.3, 0.4) is 0 Å². The molecule has 0 aliphatic heterocycles. The van der Waals surface area contributed by atoms with Gasteiger partial charge in [-0.05, 0) is 30.9 Å². The highest BCUT2D eigenvalue weighted by atomic mass is 16.6. The Hall–Kier alpha value is -1.95. The van der Waals surface area contributed by atoms with Crippen molar-refractivity contribution in [3.63, 3.8) is 0 Å². The van der Waals surface area contributed by atoms with Crippen molar-refractivity contribution in [3.8, 4) is 0 Å². The van der Waals surface area contributed by atoms with Crippen molar-refractivity contribution in [1.82, 2.24) is 0 Å². The van der Waals surface area contributed by atoms with Crippen molar-refractivity contribution in [2.75, 3.05) is 11.9 Å². The number of benzene rings is 1. The molecule has 0 atom stereocenters. The zero-order valence-electron chi connectivity index (χ0n) is 12.3. The summed E-state index contributed by atoms with van der Waals surface area (Å²) < 4.78 is 0. The highest BCUT2D eigenvalue weighted by Gasteiger charge is 2.15. The highest BCUT2D eigenvalue weighted by molar-refractivity contribution is 5.91. The number of hydrogen-bond acceptors (Lipinski definition) is 4. The monoisotopic (exact) mass is 294 g/mol. The standard InChI is InChI=1S/C15H22N2O4/c1-12(19)16-14-9-8-13(11-15(14)17(20)21)7-5-3-2-4-6-10-18/h8-9,11,18H,2-7,10H2,1H3,(H,16,19). The molecule has 0 fully saturated rings. The molecule has 0 radical (unpaired) electrons. The quantitative estimate of drug-likeness (QED) is 0.416. The maximum absolute atomic E-state index is 11.0. The molecule has 0 heterocycles. The minimum atomic E-state index is -0.476. The van der Waals surface area contributed by atoms with Gasteiger partial charge in [-0.1, -0.05) is 25.3 Å². The molecule has 0 unspecified atom stereocenters. The number of aryl methyl sites for hydroxylation is 1. The van der Waals surface area contributed by atoms with Crippen LogP contribution < -0.4 is 5.32 Å². The molecule has 6 nitrogen and oxygen atoms in total. The van der Waals surface area contributed by atoms with Gasteiger partial charge >= 0.3 is 0 Å². The first-order valence-corrected chi connectivity index (χ1v) is 7.20. The molecule has 0 saturated heterocycles. The van der Waals surface area contributed by atoms with Crippen LogP contribution in [0.5, 0.6) is 0 Å². The van der Waals surface area contributed by atoms with Crippen molar-refractivity contribution in [2.24, 2.45) is 0 Å². The predicted molar refractivity (Wildman–Crippen MR) is 81.3 cm³/mol. The summed E-state index contributed by atoms with van der Waals surface area (Å²) in [6.45, 7) is 1.56. The van der Waals surface area contributed by atoms with Gasteiger partial charge in [0.2, 0.25) is 5.91 Å². The first-order valence-electron chi connectivity index (χ1n) is 7.20. The fraction of sp³-hybridized carbons (Fsp3) is 0.533. The summed E-state index contributed by atoms with van der Waals surface area (Å²) in [4.78, 5) is 21.6. The number of unbranched alkanes of at least 4 members (excludes halogenated alkanes) is 4. The number of carbonyl (C=O) groups excluding carboxylic acids is 1. The van der Waals surface area contributed by atoms with E-state index in [1.54, 1.807) is 6.07 Å². The summed E-state index contributed by atoms with van der Waals surface area (Å²) >= 11 is 0. The van der Waals surface area contributed by atoms with E-state index in [-0.39, 0.29) is 23.9 Å². The fourth-order valence-electron chi connectivity index (χ4n) is 2.15. The molecular formula is C15H22N2O4. The Labute approximate surface area is 124 Å². The van der Waals surface area contributed by atoms with E-state index in [2.05, 4.69) is 5.32 Å². The molecule has 0 saturated carbocycles. The average molecular weight is 294 g/mol. The van der Waals surface area contributed by atoms with E-state index in [1.807, 2.05) is 6.07 Å². The number of nitrogens with zero attached hydrogens (tertiary/aromatic N) is 1. The predicted octanol–water partition coefficient (Wildman–Crippen LogP) is 3.04. The van der Waals surface area contributed by atoms with E-state index in [0.29, 0.717) is 0 Å². The molecule has 1 rings (SSSR count). The van der Waals surface area contributed by atoms with E-state index < -0.39 is 4.92 Å². The van der Waals surface area contributed by atoms with E-state index in [4.69, 9.17) is 5.11 Å². The number of nitro benzene ring substituents is 1. The van der Waals surface area contributed by atoms with Gasteiger partial charge in [0.15, 0.2) is 0 Å². The molecule has 0 aliphatic rings. The third-order valence-corrected chi connectivity index (χ3v) is 3.19. The number of nitro groups is 1. The van der Waals surface area contributed by atoms with Crippen LogP contribution in [0.1, 0.15) is 44.6 Å². The second-order valence-electron chi connectivity index (χ2n) is 5.03. The second kappa shape index (κ2) is 9.07. The smallest absolute Gasteiger partial charge is 0.293 e. The van der Waals surface area contributed by atoms with Gasteiger partial charge in [0.25, 0.3) is 5.69 Å². The topological polar surface area (TPSA) is 92.5 Å². The molecule has 116 valence electrons. The van der Waals surface area contributed by atoms with Crippen LogP contribution in [0.25, 0.3) is 0 Å². The van der Waals surface area contributed by atoms with Crippen molar-refractivity contribution in [1.29, 1.82) is 0 Å². The summed E-state index contributed by atoms with van der Waals surface area (Å²) in [6.07, 6.45) is 5.69. The van der Waals surface area contributed by atoms with Gasteiger partial charge in [0, 0.05) is 19.6 Å². The molecule has 1 aromatic carbocycles. The van der Waals surface area contributed by atoms with Gasteiger partial charge in [-0.15, -0.1) is 0 Å². The molecule has 0 aliphatic carbocycles. The average Bonchev–Trinajstić information content (AvgIpc) is 2.43. The van der Waals surface area contributed by atoms with Gasteiger partial charge < -0.3 is 10.4 Å². The minimum Gasteiger partial charge on any atom is -0.396 e. The van der Waals surface area contributed by atoms with Gasteiger partial charge in [-0.3, -0.25) is 14.9 Å². The van der Waals surface area contributed by atoms with Crippen molar-refractivity contribution in [3.05, 3.63) is 33.9 Å². The number of nitrogens with one attached hydrogen (secondary N) is 1. The molecule has 0 bridgehead atoms. The SMILES string of the molecule is CC(=O)Nc1ccc(CCCCCCCO)cc1[N+](=O)[O-]. The number of rotatable bonds is 9. The molecule has 1 aromatic rings. The Morgan fingerprint density at radius 3 is 2.52 bits per heavy atom. The lowest BCUT2D eigenvalue weighted by Gasteiger charge is -2.06. The van der Waals surface area contributed by atoms with Crippen LogP contribution in [-0.4, -0.2) is 22.5 Å². The lowest BCUT2D eigenvalue weighted by Crippen LogP contribution is -2.08. The Balaban J connectivity index is 2.58. The molecule has 21 heavy (non-hydrogen) atoms. The van der Waals surface area contributed by atoms with Crippen molar-refractivity contribution >= 4 is 17.3 Å². The lowest BCUT2D eigenvalue weighted by atomic mass is 10.0. The normalized spacial score (nSPS) is 10.4. The number of aliphatic hydroxyl groups is 1. The van der Waals surface area contributed by atoms with Crippen LogP contribution in [-0.2, 0) is 11.2 Å². The van der Waals surface area contributed by atoms with E-state index in [1.165, 1.54) is 13.0 Å². The van der Waals surface area contributed by atoms with Gasteiger partial charge in [0.05, 0.1) is 4.92 Å². The van der Waals surface area contributed by atoms with Crippen LogP contribution in [0.2, 0.25) is 0 Å². The van der Waals surface area contributed by atoms with E-state index >= 15 is 0 Å². The lowest BCUT2D eigenvalue weighted by molar-refractivity contribution is -0.384. The maximum Gasteiger partial charge on any atom is 0.293 e. The van der Waals surface area contributed by atoms with Gasteiger partial charge in [0.1, 0.15) is 5.69 Å². The first kappa shape index (κ1) is 17.1. The third kappa shape index (κ3) is 6.35. The highest BCUT2D eigenvalue weighted by Crippen LogP contribution is 2.26. The Kier molecular flexibility index (Phi) is 7.39. The van der Waals surface area contributed by atoms with Crippen molar-refractivity contribution in [2.45, 2.75) is 45.4 Å². The number of hydrogen-bond donors (Lipinski definition) is 2. The van der Waals surface area contributed by atoms with Gasteiger partial charge in [-0.2, -0.15) is 0 Å². The molecule has 0 aromatic heterocycles. The number of carbonyl (C=O) groups is 1. The van der Waals surface area contributed by atoms with Gasteiger partial charge in [-0.25, -0.2) is 0 Å². The third-order valence-electron chi connectivity index (χ3n) is 3.19. The zero-order chi connectivity index (χ0) is 15.7. The summed E-state index contributed by atoms with van der Waals surface area (Å²) in [5, 5.41) is 22.2. The van der Waals surface area contributed by atoms with Crippen LogP contribution >= 0.6 is 0 Å². The number of amides is 1. The Morgan fingerprint density at radius 2 is 1.90 bits per heavy atom. The summed E-state index contributed by atoms with van der Waals surface area (Å²) in [5.41, 5.74) is 1.07. The minimum absolute atomic E-state index is 0.0667. The van der Waals surface area contributed by atoms with E-state index in [9.17, 15) is 14.9 Å². The molecule has 2 N–H and O–H groups in total.